The van der Waals surface area contributed by atoms with Gasteiger partial charge in [-0.1, -0.05) is 39.5 Å². The predicted octanol–water partition coefficient (Wildman–Crippen LogP) is 5.70. The number of esters is 1. The number of rotatable bonds is 5. The van der Waals surface area contributed by atoms with Gasteiger partial charge in [0.05, 0.1) is 7.11 Å². The van der Waals surface area contributed by atoms with Crippen molar-refractivity contribution in [2.24, 2.45) is 5.92 Å². The van der Waals surface area contributed by atoms with Crippen LogP contribution in [0, 0.1) is 17.8 Å². The van der Waals surface area contributed by atoms with Crippen LogP contribution in [0.1, 0.15) is 59.3 Å². The van der Waals surface area contributed by atoms with Crippen LogP contribution >= 0.6 is 0 Å². The van der Waals surface area contributed by atoms with Crippen molar-refractivity contribution < 1.29 is 18.4 Å². The summed E-state index contributed by atoms with van der Waals surface area (Å²) in [5.41, 5.74) is 0. The summed E-state index contributed by atoms with van der Waals surface area (Å²) in [5, 5.41) is 0.108. The number of methoxy groups -OCH3 is 1. The van der Waals surface area contributed by atoms with Gasteiger partial charge in [-0.2, -0.15) is 0 Å². The summed E-state index contributed by atoms with van der Waals surface area (Å²) in [6.45, 7) is 18.1. The fraction of sp³-hybridized carbons (Fsp3) is 0.857. The maximum absolute atomic E-state index is 11.4. The molecule has 0 aromatic carbocycles. The van der Waals surface area contributed by atoms with E-state index in [-0.39, 0.29) is 11.0 Å². The van der Waals surface area contributed by atoms with Gasteiger partial charge in [-0.15, -0.1) is 0 Å². The number of ether oxygens (including phenoxy) is 1. The molecule has 0 saturated heterocycles. The molecular formula is C21H40O4Si2. The Morgan fingerprint density at radius 1 is 1.07 bits per heavy atom. The first-order chi connectivity index (χ1) is 12.2. The monoisotopic (exact) mass is 412 g/mol. The number of carbonyl (C=O) groups is 1. The highest BCUT2D eigenvalue weighted by Gasteiger charge is 2.50. The molecule has 1 fully saturated rings. The summed E-state index contributed by atoms with van der Waals surface area (Å²) in [6, 6.07) is 0. The summed E-state index contributed by atoms with van der Waals surface area (Å²) >= 11 is 0. The molecule has 0 aromatic heterocycles. The summed E-state index contributed by atoms with van der Waals surface area (Å²) in [4.78, 5) is 11.4. The molecule has 0 aliphatic heterocycles. The Labute approximate surface area is 169 Å². The van der Waals surface area contributed by atoms with Crippen molar-refractivity contribution in [3.05, 3.63) is 0 Å². The van der Waals surface area contributed by atoms with Gasteiger partial charge in [-0.05, 0) is 57.0 Å². The Morgan fingerprint density at radius 3 is 2.22 bits per heavy atom. The SMILES string of the molecule is COC(=O)C#CC[C@@H]1CCCCC[C@]1(O[Si](C)(C)C)O[Si](C)(C)C(C)(C)C. The van der Waals surface area contributed by atoms with Crippen LogP contribution in [0.15, 0.2) is 0 Å². The zero-order valence-electron chi connectivity index (χ0n) is 19.0. The van der Waals surface area contributed by atoms with Gasteiger partial charge in [-0.3, -0.25) is 0 Å². The maximum Gasteiger partial charge on any atom is 0.384 e. The Hall–Kier alpha value is -0.616. The Bertz CT molecular complexity index is 563. The van der Waals surface area contributed by atoms with Crippen molar-refractivity contribution in [1.82, 2.24) is 0 Å². The zero-order valence-corrected chi connectivity index (χ0v) is 21.0. The normalized spacial score (nSPS) is 24.6. The first kappa shape index (κ1) is 24.4. The van der Waals surface area contributed by atoms with Crippen molar-refractivity contribution in [1.29, 1.82) is 0 Å². The second kappa shape index (κ2) is 9.25. The molecule has 0 unspecified atom stereocenters. The van der Waals surface area contributed by atoms with Gasteiger partial charge in [0.1, 0.15) is 0 Å². The van der Waals surface area contributed by atoms with Gasteiger partial charge in [0, 0.05) is 18.3 Å². The van der Waals surface area contributed by atoms with Gasteiger partial charge in [0.2, 0.25) is 0 Å². The fourth-order valence-corrected chi connectivity index (χ4v) is 6.22. The van der Waals surface area contributed by atoms with E-state index in [2.05, 4.69) is 70.1 Å². The lowest BCUT2D eigenvalue weighted by Crippen LogP contribution is -2.57. The van der Waals surface area contributed by atoms with Gasteiger partial charge in [0.25, 0.3) is 0 Å². The molecule has 0 bridgehead atoms. The van der Waals surface area contributed by atoms with E-state index in [0.717, 1.165) is 25.7 Å². The maximum atomic E-state index is 11.4. The first-order valence-corrected chi connectivity index (χ1v) is 16.5. The zero-order chi connectivity index (χ0) is 20.9. The molecule has 1 saturated carbocycles. The van der Waals surface area contributed by atoms with Crippen LogP contribution in [0.2, 0.25) is 37.8 Å². The molecule has 1 rings (SSSR count). The van der Waals surface area contributed by atoms with E-state index in [1.54, 1.807) is 0 Å². The minimum atomic E-state index is -2.04. The lowest BCUT2D eigenvalue weighted by molar-refractivity contribution is -0.174. The lowest BCUT2D eigenvalue weighted by atomic mass is 9.90. The largest absolute Gasteiger partial charge is 0.459 e. The minimum absolute atomic E-state index is 0.108. The smallest absolute Gasteiger partial charge is 0.384 e. The van der Waals surface area contributed by atoms with Crippen molar-refractivity contribution in [3.8, 4) is 11.8 Å². The van der Waals surface area contributed by atoms with Crippen LogP contribution in [0.5, 0.6) is 0 Å². The van der Waals surface area contributed by atoms with Gasteiger partial charge in [-0.25, -0.2) is 4.79 Å². The third-order valence-corrected chi connectivity index (χ3v) is 11.1. The third-order valence-electron chi connectivity index (χ3n) is 5.64. The van der Waals surface area contributed by atoms with Crippen LogP contribution in [0.25, 0.3) is 0 Å². The van der Waals surface area contributed by atoms with Crippen LogP contribution < -0.4 is 0 Å². The van der Waals surface area contributed by atoms with Crippen molar-refractivity contribution >= 4 is 22.6 Å². The molecule has 0 amide bonds. The number of hydrogen-bond acceptors (Lipinski definition) is 4. The van der Waals surface area contributed by atoms with Crippen molar-refractivity contribution in [2.45, 2.75) is 103 Å². The molecular weight excluding hydrogens is 372 g/mol. The van der Waals surface area contributed by atoms with E-state index in [4.69, 9.17) is 8.85 Å². The molecule has 0 heterocycles. The second-order valence-corrected chi connectivity index (χ2v) is 19.3. The summed E-state index contributed by atoms with van der Waals surface area (Å²) in [6.07, 6.45) is 6.00. The molecule has 156 valence electrons. The van der Waals surface area contributed by atoms with Gasteiger partial charge in [0.15, 0.2) is 22.4 Å². The average Bonchev–Trinajstić information content (AvgIpc) is 2.66. The quantitative estimate of drug-likeness (QED) is 0.145. The summed E-state index contributed by atoms with van der Waals surface area (Å²) < 4.78 is 18.6. The second-order valence-electron chi connectivity index (χ2n) is 10.2. The highest BCUT2D eigenvalue weighted by molar-refractivity contribution is 6.74. The molecule has 0 radical (unpaired) electrons. The predicted molar refractivity (Wildman–Crippen MR) is 116 cm³/mol. The van der Waals surface area contributed by atoms with Gasteiger partial charge >= 0.3 is 5.97 Å². The van der Waals surface area contributed by atoms with Crippen molar-refractivity contribution in [3.63, 3.8) is 0 Å². The van der Waals surface area contributed by atoms with Crippen LogP contribution in [-0.4, -0.2) is 35.5 Å². The molecule has 6 heteroatoms. The van der Waals surface area contributed by atoms with E-state index in [1.165, 1.54) is 13.5 Å². The number of hydrogen-bond donors (Lipinski definition) is 0. The van der Waals surface area contributed by atoms with E-state index < -0.39 is 28.4 Å². The minimum Gasteiger partial charge on any atom is -0.459 e. The van der Waals surface area contributed by atoms with Crippen LogP contribution in [0.3, 0.4) is 0 Å². The van der Waals surface area contributed by atoms with E-state index >= 15 is 0 Å². The summed E-state index contributed by atoms with van der Waals surface area (Å²) in [5.74, 6) is 4.75. The molecule has 0 aromatic rings. The number of carbonyl (C=O) groups excluding carboxylic acids is 1. The molecule has 27 heavy (non-hydrogen) atoms. The average molecular weight is 413 g/mol. The third kappa shape index (κ3) is 7.37. The molecule has 2 atom stereocenters. The molecule has 1 aliphatic rings. The molecule has 0 N–H and O–H groups in total. The molecule has 1 aliphatic carbocycles. The van der Waals surface area contributed by atoms with E-state index in [9.17, 15) is 4.79 Å². The Morgan fingerprint density at radius 2 is 1.70 bits per heavy atom. The first-order valence-electron chi connectivity index (χ1n) is 10.2. The van der Waals surface area contributed by atoms with E-state index in [0.29, 0.717) is 6.42 Å². The topological polar surface area (TPSA) is 44.8 Å². The lowest BCUT2D eigenvalue weighted by Gasteiger charge is -2.50. The van der Waals surface area contributed by atoms with E-state index in [1.807, 2.05) is 0 Å². The standard InChI is InChI=1S/C21H40O4Si2/c1-20(2,3)27(8,9)25-21(24-26(5,6)7)17-12-10-11-14-18(21)15-13-16-19(22)23-4/h18H,10-12,14-15,17H2,1-9H3/t18-,21-/m0/s1. The highest BCUT2D eigenvalue weighted by Crippen LogP contribution is 2.47. The van der Waals surface area contributed by atoms with Crippen LogP contribution in [0.4, 0.5) is 0 Å². The highest BCUT2D eigenvalue weighted by atomic mass is 28.4. The molecule has 4 nitrogen and oxygen atoms in total. The summed E-state index contributed by atoms with van der Waals surface area (Å²) in [7, 11) is -2.53. The van der Waals surface area contributed by atoms with Gasteiger partial charge < -0.3 is 13.6 Å². The van der Waals surface area contributed by atoms with Crippen molar-refractivity contribution in [2.75, 3.05) is 7.11 Å². The Kier molecular flexibility index (Phi) is 8.37. The molecule has 0 spiro atoms. The fourth-order valence-electron chi connectivity index (χ4n) is 3.31. The Balaban J connectivity index is 3.29. The van der Waals surface area contributed by atoms with Crippen LogP contribution in [-0.2, 0) is 18.4 Å².